The van der Waals surface area contributed by atoms with E-state index in [1.807, 2.05) is 4.57 Å². The van der Waals surface area contributed by atoms with Gasteiger partial charge in [-0.3, -0.25) is 5.43 Å². The van der Waals surface area contributed by atoms with E-state index >= 15 is 0 Å². The van der Waals surface area contributed by atoms with Gasteiger partial charge in [-0.25, -0.2) is 10.8 Å². The predicted molar refractivity (Wildman–Crippen MR) is 74.2 cm³/mol. The number of nitrogens with one attached hydrogen (secondary N) is 2. The summed E-state index contributed by atoms with van der Waals surface area (Å²) in [5.74, 6) is 7.00. The van der Waals surface area contributed by atoms with E-state index in [4.69, 9.17) is 5.84 Å². The number of nitrogens with two attached hydrogens (primary N) is 1. The van der Waals surface area contributed by atoms with Crippen LogP contribution in [-0.4, -0.2) is 26.8 Å². The third kappa shape index (κ3) is 3.92. The molecule has 0 spiro atoms. The van der Waals surface area contributed by atoms with Gasteiger partial charge >= 0.3 is 0 Å². The Morgan fingerprint density at radius 3 is 2.95 bits per heavy atom. The highest BCUT2D eigenvalue weighted by atomic mass is 15.3. The van der Waals surface area contributed by atoms with Crippen LogP contribution in [0.2, 0.25) is 0 Å². The van der Waals surface area contributed by atoms with E-state index in [2.05, 4.69) is 32.9 Å². The third-order valence-electron chi connectivity index (χ3n) is 3.50. The number of hydrazine groups is 1. The number of hydrogen-bond acceptors (Lipinski definition) is 4. The number of nitrogens with zero attached hydrogens (tertiary/aromatic N) is 4. The molecule has 0 amide bonds. The van der Waals surface area contributed by atoms with Crippen molar-refractivity contribution in [1.82, 2.24) is 25.5 Å². The number of rotatable bonds is 4. The summed E-state index contributed by atoms with van der Waals surface area (Å²) < 4.78 is 1.97. The second-order valence-corrected chi connectivity index (χ2v) is 4.82. The number of aromatic nitrogens is 3. The number of aliphatic imine (C=N–C) groups is 1. The van der Waals surface area contributed by atoms with Crippen LogP contribution in [0.15, 0.2) is 11.3 Å². The van der Waals surface area contributed by atoms with Gasteiger partial charge in [0.1, 0.15) is 12.9 Å². The molecule has 1 aromatic rings. The fourth-order valence-corrected chi connectivity index (χ4v) is 2.39. The molecule has 0 aliphatic heterocycles. The maximum absolute atomic E-state index is 5.51. The smallest absolute Gasteiger partial charge is 0.206 e. The zero-order chi connectivity index (χ0) is 13.5. The van der Waals surface area contributed by atoms with E-state index < -0.39 is 0 Å². The van der Waals surface area contributed by atoms with Crippen LogP contribution in [0.3, 0.4) is 0 Å². The average molecular weight is 265 g/mol. The second-order valence-electron chi connectivity index (χ2n) is 4.82. The molecule has 0 saturated heterocycles. The van der Waals surface area contributed by atoms with E-state index in [1.54, 1.807) is 6.33 Å². The maximum Gasteiger partial charge on any atom is 0.206 e. The van der Waals surface area contributed by atoms with Crippen LogP contribution in [0.25, 0.3) is 0 Å². The van der Waals surface area contributed by atoms with E-state index in [0.29, 0.717) is 18.5 Å². The molecule has 1 aromatic heterocycles. The van der Waals surface area contributed by atoms with Gasteiger partial charge in [-0.15, -0.1) is 10.2 Å². The van der Waals surface area contributed by atoms with E-state index in [-0.39, 0.29) is 0 Å². The van der Waals surface area contributed by atoms with Crippen LogP contribution in [0.5, 0.6) is 0 Å². The highest BCUT2D eigenvalue weighted by Crippen LogP contribution is 2.17. The molecule has 0 radical (unpaired) electrons. The summed E-state index contributed by atoms with van der Waals surface area (Å²) in [5, 5.41) is 11.3. The minimum atomic E-state index is 0.479. The van der Waals surface area contributed by atoms with Crippen molar-refractivity contribution in [1.29, 1.82) is 0 Å². The summed E-state index contributed by atoms with van der Waals surface area (Å²) in [5.41, 5.74) is 2.63. The minimum Gasteiger partial charge on any atom is -0.353 e. The highest BCUT2D eigenvalue weighted by Gasteiger charge is 2.14. The Morgan fingerprint density at radius 2 is 2.26 bits per heavy atom. The molecule has 1 aliphatic rings. The Labute approximate surface area is 113 Å². The Morgan fingerprint density at radius 1 is 1.47 bits per heavy atom. The Hall–Kier alpha value is -1.63. The Balaban J connectivity index is 1.91. The van der Waals surface area contributed by atoms with Gasteiger partial charge in [-0.05, 0) is 19.8 Å². The van der Waals surface area contributed by atoms with Gasteiger partial charge in [0.05, 0.1) is 0 Å². The summed E-state index contributed by atoms with van der Waals surface area (Å²) in [6, 6.07) is 0.479. The molecule has 106 valence electrons. The van der Waals surface area contributed by atoms with Crippen molar-refractivity contribution in [3.8, 4) is 0 Å². The van der Waals surface area contributed by atoms with Gasteiger partial charge in [0, 0.05) is 12.6 Å². The molecule has 0 unspecified atom stereocenters. The van der Waals surface area contributed by atoms with Crippen molar-refractivity contribution in [3.63, 3.8) is 0 Å². The lowest BCUT2D eigenvalue weighted by Crippen LogP contribution is -2.47. The molecule has 19 heavy (non-hydrogen) atoms. The Bertz CT molecular complexity index is 406. The normalized spacial score (nSPS) is 17.5. The first-order valence-electron chi connectivity index (χ1n) is 6.97. The molecule has 4 N–H and O–H groups in total. The summed E-state index contributed by atoms with van der Waals surface area (Å²) >= 11 is 0. The van der Waals surface area contributed by atoms with E-state index in [9.17, 15) is 0 Å². The van der Waals surface area contributed by atoms with Crippen LogP contribution >= 0.6 is 0 Å². The van der Waals surface area contributed by atoms with Gasteiger partial charge in [-0.2, -0.15) is 0 Å². The zero-order valence-corrected chi connectivity index (χ0v) is 11.5. The summed E-state index contributed by atoms with van der Waals surface area (Å²) in [6.07, 6.45) is 7.98. The molecule has 7 nitrogen and oxygen atoms in total. The van der Waals surface area contributed by atoms with Crippen LogP contribution in [0, 0.1) is 0 Å². The largest absolute Gasteiger partial charge is 0.353 e. The number of aryl methyl sites for hydroxylation is 1. The fraction of sp³-hybridized carbons (Fsp3) is 0.750. The quantitative estimate of drug-likeness (QED) is 0.320. The molecular weight excluding hydrogens is 242 g/mol. The maximum atomic E-state index is 5.51. The lowest BCUT2D eigenvalue weighted by Gasteiger charge is -2.24. The van der Waals surface area contributed by atoms with Gasteiger partial charge in [0.2, 0.25) is 5.96 Å². The van der Waals surface area contributed by atoms with Crippen LogP contribution < -0.4 is 16.6 Å². The molecule has 7 heteroatoms. The molecule has 1 aliphatic carbocycles. The second kappa shape index (κ2) is 7.08. The molecular formula is C12H23N7. The minimum absolute atomic E-state index is 0.479. The standard InChI is InChI=1S/C12H23N7/c1-2-19-9-15-18-11(19)8-14-12(17-13)16-10-6-4-3-5-7-10/h9-10H,2-8,13H2,1H3,(H2,14,16,17). The van der Waals surface area contributed by atoms with Crippen molar-refractivity contribution in [2.24, 2.45) is 10.8 Å². The lowest BCUT2D eigenvalue weighted by molar-refractivity contribution is 0.410. The lowest BCUT2D eigenvalue weighted by atomic mass is 9.96. The van der Waals surface area contributed by atoms with Crippen LogP contribution in [0.4, 0.5) is 0 Å². The van der Waals surface area contributed by atoms with Crippen LogP contribution in [-0.2, 0) is 13.1 Å². The topological polar surface area (TPSA) is 93.2 Å². The molecule has 0 bridgehead atoms. The van der Waals surface area contributed by atoms with Gasteiger partial charge in [0.15, 0.2) is 5.82 Å². The van der Waals surface area contributed by atoms with Gasteiger partial charge < -0.3 is 9.88 Å². The summed E-state index contributed by atoms with van der Waals surface area (Å²) in [7, 11) is 0. The molecule has 1 fully saturated rings. The SMILES string of the molecule is CCn1cnnc1CN=C(NN)NC1CCCCC1. The predicted octanol–water partition coefficient (Wildman–Crippen LogP) is 0.540. The average Bonchev–Trinajstić information content (AvgIpc) is 2.92. The molecule has 1 saturated carbocycles. The Kier molecular flexibility index (Phi) is 5.14. The van der Waals surface area contributed by atoms with Crippen molar-refractivity contribution in [2.75, 3.05) is 0 Å². The monoisotopic (exact) mass is 265 g/mol. The van der Waals surface area contributed by atoms with Crippen molar-refractivity contribution in [2.45, 2.75) is 58.2 Å². The first-order valence-corrected chi connectivity index (χ1v) is 6.97. The molecule has 0 aromatic carbocycles. The zero-order valence-electron chi connectivity index (χ0n) is 11.5. The summed E-state index contributed by atoms with van der Waals surface area (Å²) in [6.45, 7) is 3.38. The van der Waals surface area contributed by atoms with Crippen molar-refractivity contribution < 1.29 is 0 Å². The van der Waals surface area contributed by atoms with E-state index in [0.717, 1.165) is 12.4 Å². The highest BCUT2D eigenvalue weighted by molar-refractivity contribution is 5.79. The first-order chi connectivity index (χ1) is 9.33. The molecule has 0 atom stereocenters. The first kappa shape index (κ1) is 13.8. The number of guanidine groups is 1. The number of hydrogen-bond donors (Lipinski definition) is 3. The van der Waals surface area contributed by atoms with Crippen LogP contribution in [0.1, 0.15) is 44.9 Å². The van der Waals surface area contributed by atoms with Gasteiger partial charge in [0.25, 0.3) is 0 Å². The van der Waals surface area contributed by atoms with Crippen molar-refractivity contribution in [3.05, 3.63) is 12.2 Å². The summed E-state index contributed by atoms with van der Waals surface area (Å²) in [4.78, 5) is 4.43. The molecule has 1 heterocycles. The fourth-order valence-electron chi connectivity index (χ4n) is 2.39. The van der Waals surface area contributed by atoms with E-state index in [1.165, 1.54) is 32.1 Å². The van der Waals surface area contributed by atoms with Crippen molar-refractivity contribution >= 4 is 5.96 Å². The molecule has 2 rings (SSSR count). The third-order valence-corrected chi connectivity index (χ3v) is 3.50. The van der Waals surface area contributed by atoms with Gasteiger partial charge in [-0.1, -0.05) is 19.3 Å².